The molecule has 21 heavy (non-hydrogen) atoms. The maximum Gasteiger partial charge on any atom is 0.252 e. The van der Waals surface area contributed by atoms with E-state index in [1.807, 2.05) is 24.3 Å². The van der Waals surface area contributed by atoms with Gasteiger partial charge in [0.2, 0.25) is 0 Å². The second-order valence-corrected chi connectivity index (χ2v) is 4.94. The number of hydrogen-bond donors (Lipinski definition) is 2. The van der Waals surface area contributed by atoms with Crippen LogP contribution in [0.15, 0.2) is 42.7 Å². The summed E-state index contributed by atoms with van der Waals surface area (Å²) in [6.07, 6.45) is 4.09. The lowest BCUT2D eigenvalue weighted by atomic mass is 10.1. The lowest BCUT2D eigenvalue weighted by molar-refractivity contribution is 0.0955. The average molecular weight is 301 g/mol. The summed E-state index contributed by atoms with van der Waals surface area (Å²) in [6, 6.07) is 9.02. The highest BCUT2D eigenvalue weighted by molar-refractivity contribution is 6.30. The van der Waals surface area contributed by atoms with Crippen LogP contribution in [-0.2, 0) is 6.42 Å². The number of pyridine rings is 1. The number of imidazole rings is 1. The summed E-state index contributed by atoms with van der Waals surface area (Å²) in [5.41, 5.74) is 1.24. The van der Waals surface area contributed by atoms with Crippen LogP contribution in [0.3, 0.4) is 0 Å². The van der Waals surface area contributed by atoms with Crippen LogP contribution in [0.2, 0.25) is 5.15 Å². The molecule has 3 rings (SSSR count). The number of rotatable bonds is 4. The molecule has 0 spiro atoms. The topological polar surface area (TPSA) is 70.7 Å². The number of benzene rings is 1. The first-order chi connectivity index (χ1) is 10.2. The molecule has 0 radical (unpaired) electrons. The average Bonchev–Trinajstić information content (AvgIpc) is 2.99. The van der Waals surface area contributed by atoms with Crippen LogP contribution in [0.5, 0.6) is 0 Å². The van der Waals surface area contributed by atoms with Gasteiger partial charge in [-0.3, -0.25) is 4.79 Å². The van der Waals surface area contributed by atoms with Crippen LogP contribution in [0.25, 0.3) is 10.9 Å². The quantitative estimate of drug-likeness (QED) is 0.728. The highest BCUT2D eigenvalue weighted by Gasteiger charge is 2.12. The van der Waals surface area contributed by atoms with E-state index < -0.39 is 0 Å². The van der Waals surface area contributed by atoms with Crippen molar-refractivity contribution < 1.29 is 4.79 Å². The maximum atomic E-state index is 12.3. The van der Waals surface area contributed by atoms with Crippen LogP contribution in [0.1, 0.15) is 16.2 Å². The van der Waals surface area contributed by atoms with Gasteiger partial charge in [-0.05, 0) is 12.1 Å². The first-order valence-electron chi connectivity index (χ1n) is 6.56. The minimum absolute atomic E-state index is 0.165. The number of hydrogen-bond acceptors (Lipinski definition) is 3. The van der Waals surface area contributed by atoms with Crippen LogP contribution < -0.4 is 5.32 Å². The number of nitrogens with one attached hydrogen (secondary N) is 2. The van der Waals surface area contributed by atoms with E-state index in [9.17, 15) is 4.79 Å². The van der Waals surface area contributed by atoms with Gasteiger partial charge in [-0.15, -0.1) is 0 Å². The molecule has 1 amide bonds. The Labute approximate surface area is 126 Å². The number of fused-ring (bicyclic) bond motifs is 1. The van der Waals surface area contributed by atoms with Crippen molar-refractivity contribution in [2.75, 3.05) is 6.54 Å². The van der Waals surface area contributed by atoms with E-state index in [1.54, 1.807) is 18.5 Å². The molecular formula is C15H13ClN4O. The molecule has 2 heterocycles. The SMILES string of the molecule is O=C(NCCc1ncc[nH]1)c1cc(Cl)nc2ccccc12. The minimum Gasteiger partial charge on any atom is -0.352 e. The van der Waals surface area contributed by atoms with E-state index >= 15 is 0 Å². The lowest BCUT2D eigenvalue weighted by Crippen LogP contribution is -2.26. The van der Waals surface area contributed by atoms with Crippen molar-refractivity contribution >= 4 is 28.4 Å². The normalized spacial score (nSPS) is 10.7. The fourth-order valence-electron chi connectivity index (χ4n) is 2.16. The van der Waals surface area contributed by atoms with Crippen molar-refractivity contribution in [1.29, 1.82) is 0 Å². The fourth-order valence-corrected chi connectivity index (χ4v) is 2.36. The highest BCUT2D eigenvalue weighted by Crippen LogP contribution is 2.20. The molecule has 0 saturated carbocycles. The summed E-state index contributed by atoms with van der Waals surface area (Å²) >= 11 is 5.98. The smallest absolute Gasteiger partial charge is 0.252 e. The zero-order chi connectivity index (χ0) is 14.7. The van der Waals surface area contributed by atoms with Gasteiger partial charge < -0.3 is 10.3 Å². The number of amides is 1. The first-order valence-corrected chi connectivity index (χ1v) is 6.93. The van der Waals surface area contributed by atoms with Gasteiger partial charge in [-0.25, -0.2) is 9.97 Å². The Morgan fingerprint density at radius 1 is 1.33 bits per heavy atom. The minimum atomic E-state index is -0.165. The van der Waals surface area contributed by atoms with Crippen LogP contribution in [-0.4, -0.2) is 27.4 Å². The number of carbonyl (C=O) groups excluding carboxylic acids is 1. The maximum absolute atomic E-state index is 12.3. The number of aromatic amines is 1. The summed E-state index contributed by atoms with van der Waals surface area (Å²) in [7, 11) is 0. The molecule has 1 aromatic carbocycles. The zero-order valence-corrected chi connectivity index (χ0v) is 11.9. The van der Waals surface area contributed by atoms with Crippen molar-refractivity contribution in [3.8, 4) is 0 Å². The predicted molar refractivity (Wildman–Crippen MR) is 81.4 cm³/mol. The fraction of sp³-hybridized carbons (Fsp3) is 0.133. The van der Waals surface area contributed by atoms with Crippen molar-refractivity contribution in [2.24, 2.45) is 0 Å². The second kappa shape index (κ2) is 5.93. The molecule has 3 aromatic rings. The number of carbonyl (C=O) groups is 1. The van der Waals surface area contributed by atoms with Gasteiger partial charge in [0, 0.05) is 30.7 Å². The summed E-state index contributed by atoms with van der Waals surface area (Å²) in [6.45, 7) is 0.501. The highest BCUT2D eigenvalue weighted by atomic mass is 35.5. The van der Waals surface area contributed by atoms with Gasteiger partial charge >= 0.3 is 0 Å². The molecule has 5 nitrogen and oxygen atoms in total. The Bertz CT molecular complexity index is 770. The molecular weight excluding hydrogens is 288 g/mol. The van der Waals surface area contributed by atoms with E-state index in [-0.39, 0.29) is 5.91 Å². The summed E-state index contributed by atoms with van der Waals surface area (Å²) in [5, 5.41) is 3.97. The van der Waals surface area contributed by atoms with Gasteiger partial charge in [0.25, 0.3) is 5.91 Å². The Balaban J connectivity index is 1.78. The number of H-pyrrole nitrogens is 1. The third-order valence-corrected chi connectivity index (χ3v) is 3.33. The molecule has 0 fully saturated rings. The third kappa shape index (κ3) is 3.03. The molecule has 2 N–H and O–H groups in total. The van der Waals surface area contributed by atoms with Crippen LogP contribution in [0.4, 0.5) is 0 Å². The van der Waals surface area contributed by atoms with Gasteiger partial charge in [-0.2, -0.15) is 0 Å². The monoisotopic (exact) mass is 300 g/mol. The van der Waals surface area contributed by atoms with Crippen LogP contribution in [0, 0.1) is 0 Å². The predicted octanol–water partition coefficient (Wildman–Crippen LogP) is 2.58. The molecule has 0 aliphatic heterocycles. The Morgan fingerprint density at radius 2 is 2.19 bits per heavy atom. The Kier molecular flexibility index (Phi) is 3.83. The molecule has 2 aromatic heterocycles. The van der Waals surface area contributed by atoms with Crippen molar-refractivity contribution in [2.45, 2.75) is 6.42 Å². The largest absolute Gasteiger partial charge is 0.352 e. The van der Waals surface area contributed by atoms with Crippen LogP contribution >= 0.6 is 11.6 Å². The summed E-state index contributed by atoms with van der Waals surface area (Å²) in [4.78, 5) is 23.6. The summed E-state index contributed by atoms with van der Waals surface area (Å²) in [5.74, 6) is 0.676. The molecule has 0 unspecified atom stereocenters. The standard InChI is InChI=1S/C15H13ClN4O/c16-13-9-11(10-3-1-2-4-12(10)20-13)15(21)19-6-5-14-17-7-8-18-14/h1-4,7-9H,5-6H2,(H,17,18)(H,19,21). The molecule has 0 bridgehead atoms. The van der Waals surface area contributed by atoms with Crippen molar-refractivity contribution in [3.05, 3.63) is 59.3 Å². The molecule has 0 aliphatic carbocycles. The summed E-state index contributed by atoms with van der Waals surface area (Å²) < 4.78 is 0. The second-order valence-electron chi connectivity index (χ2n) is 4.55. The van der Waals surface area contributed by atoms with E-state index in [2.05, 4.69) is 20.3 Å². The zero-order valence-electron chi connectivity index (χ0n) is 11.1. The number of halogens is 1. The third-order valence-electron chi connectivity index (χ3n) is 3.13. The number of nitrogens with zero attached hydrogens (tertiary/aromatic N) is 2. The van der Waals surface area contributed by atoms with E-state index in [0.717, 1.165) is 11.2 Å². The molecule has 0 aliphatic rings. The molecule has 0 saturated heterocycles. The van der Waals surface area contributed by atoms with Gasteiger partial charge in [0.05, 0.1) is 11.1 Å². The number of aromatic nitrogens is 3. The Morgan fingerprint density at radius 3 is 3.00 bits per heavy atom. The van der Waals surface area contributed by atoms with Crippen molar-refractivity contribution in [3.63, 3.8) is 0 Å². The van der Waals surface area contributed by atoms with Gasteiger partial charge in [0.15, 0.2) is 0 Å². The molecule has 0 atom stereocenters. The van der Waals surface area contributed by atoms with E-state index in [4.69, 9.17) is 11.6 Å². The van der Waals surface area contributed by atoms with Gasteiger partial charge in [0.1, 0.15) is 11.0 Å². The van der Waals surface area contributed by atoms with Crippen molar-refractivity contribution in [1.82, 2.24) is 20.3 Å². The Hall–Kier alpha value is -2.40. The first kappa shape index (κ1) is 13.6. The van der Waals surface area contributed by atoms with Gasteiger partial charge in [-0.1, -0.05) is 29.8 Å². The van der Waals surface area contributed by atoms with E-state index in [0.29, 0.717) is 29.2 Å². The molecule has 6 heteroatoms. The molecule has 106 valence electrons. The van der Waals surface area contributed by atoms with E-state index in [1.165, 1.54) is 0 Å². The lowest BCUT2D eigenvalue weighted by Gasteiger charge is -2.08. The number of para-hydroxylation sites is 1.